The van der Waals surface area contributed by atoms with Crippen molar-refractivity contribution in [2.75, 3.05) is 31.1 Å². The largest absolute Gasteiger partial charge is 0.367 e. The molecule has 0 saturated carbocycles. The quantitative estimate of drug-likeness (QED) is 0.566. The maximum absolute atomic E-state index is 15.1. The number of anilines is 1. The summed E-state index contributed by atoms with van der Waals surface area (Å²) in [4.78, 5) is 45.8. The molecule has 1 unspecified atom stereocenters. The summed E-state index contributed by atoms with van der Waals surface area (Å²) in [6, 6.07) is 10.7. The maximum atomic E-state index is 15.1. The van der Waals surface area contributed by atoms with E-state index in [9.17, 15) is 14.4 Å². The average molecular weight is 476 g/mol. The van der Waals surface area contributed by atoms with Crippen molar-refractivity contribution in [1.82, 2.24) is 20.1 Å². The molecule has 1 aromatic heterocycles. The van der Waals surface area contributed by atoms with E-state index in [1.54, 1.807) is 6.07 Å². The molecule has 0 spiro atoms. The summed E-state index contributed by atoms with van der Waals surface area (Å²) in [6.45, 7) is 4.04. The predicted octanol–water partition coefficient (Wildman–Crippen LogP) is 2.39. The van der Waals surface area contributed by atoms with Crippen LogP contribution in [0.4, 0.5) is 10.1 Å². The van der Waals surface area contributed by atoms with Gasteiger partial charge in [-0.25, -0.2) is 4.39 Å². The number of imide groups is 1. The second kappa shape index (κ2) is 8.49. The van der Waals surface area contributed by atoms with Gasteiger partial charge in [-0.3, -0.25) is 24.6 Å². The zero-order chi connectivity index (χ0) is 24.1. The standard InChI is InChI=1S/C26H26FN5O3/c27-20-13-19-18(15-32(26(19)35)21-4-5-23(33)29-25(21)34)12-22(20)31-10-8-30(9-11-31)14-17-3-1-2-16-6-7-28-24(16)17/h1-3,6-7,12-13,21,28H,4-5,8-11,14-15H2,(H,29,33,34). The number of rotatable bonds is 4. The van der Waals surface area contributed by atoms with Crippen molar-refractivity contribution in [3.8, 4) is 0 Å². The van der Waals surface area contributed by atoms with Gasteiger partial charge in [0.1, 0.15) is 11.9 Å². The van der Waals surface area contributed by atoms with Crippen molar-refractivity contribution in [2.24, 2.45) is 0 Å². The zero-order valence-electron chi connectivity index (χ0n) is 19.2. The molecule has 6 rings (SSSR count). The number of piperazine rings is 1. The number of hydrogen-bond donors (Lipinski definition) is 2. The first-order valence-electron chi connectivity index (χ1n) is 12.0. The molecule has 2 aromatic carbocycles. The third-order valence-corrected chi connectivity index (χ3v) is 7.37. The topological polar surface area (TPSA) is 88.8 Å². The van der Waals surface area contributed by atoms with Crippen LogP contribution in [0.15, 0.2) is 42.6 Å². The fraction of sp³-hybridized carbons (Fsp3) is 0.346. The number of aromatic amines is 1. The van der Waals surface area contributed by atoms with Crippen LogP contribution in [0.25, 0.3) is 10.9 Å². The fourth-order valence-corrected chi connectivity index (χ4v) is 5.49. The number of aromatic nitrogens is 1. The minimum Gasteiger partial charge on any atom is -0.367 e. The van der Waals surface area contributed by atoms with E-state index < -0.39 is 17.8 Å². The van der Waals surface area contributed by atoms with E-state index in [1.165, 1.54) is 21.9 Å². The number of amides is 3. The molecule has 8 nitrogen and oxygen atoms in total. The van der Waals surface area contributed by atoms with Crippen molar-refractivity contribution in [3.05, 3.63) is 65.1 Å². The van der Waals surface area contributed by atoms with Gasteiger partial charge in [-0.05, 0) is 41.1 Å². The normalized spacial score (nSPS) is 21.1. The number of fused-ring (bicyclic) bond motifs is 2. The Morgan fingerprint density at radius 2 is 1.86 bits per heavy atom. The van der Waals surface area contributed by atoms with E-state index in [4.69, 9.17) is 0 Å². The predicted molar refractivity (Wildman–Crippen MR) is 128 cm³/mol. The number of carbonyl (C=O) groups excluding carboxylic acids is 3. The monoisotopic (exact) mass is 475 g/mol. The van der Waals surface area contributed by atoms with Gasteiger partial charge in [-0.2, -0.15) is 0 Å². The van der Waals surface area contributed by atoms with Crippen molar-refractivity contribution in [1.29, 1.82) is 0 Å². The lowest BCUT2D eigenvalue weighted by Crippen LogP contribution is -2.52. The lowest BCUT2D eigenvalue weighted by atomic mass is 10.0. The second-order valence-corrected chi connectivity index (χ2v) is 9.48. The van der Waals surface area contributed by atoms with E-state index in [0.29, 0.717) is 24.3 Å². The van der Waals surface area contributed by atoms with Gasteiger partial charge in [0, 0.05) is 63.0 Å². The Hall–Kier alpha value is -3.72. The Morgan fingerprint density at radius 3 is 2.66 bits per heavy atom. The molecule has 3 aliphatic rings. The molecule has 3 aromatic rings. The van der Waals surface area contributed by atoms with Gasteiger partial charge in [-0.15, -0.1) is 0 Å². The van der Waals surface area contributed by atoms with Crippen LogP contribution in [0.1, 0.15) is 34.3 Å². The van der Waals surface area contributed by atoms with E-state index >= 15 is 4.39 Å². The third kappa shape index (κ3) is 3.85. The van der Waals surface area contributed by atoms with E-state index in [0.717, 1.165) is 30.7 Å². The van der Waals surface area contributed by atoms with Gasteiger partial charge in [0.25, 0.3) is 5.91 Å². The Morgan fingerprint density at radius 1 is 1.03 bits per heavy atom. The summed E-state index contributed by atoms with van der Waals surface area (Å²) >= 11 is 0. The van der Waals surface area contributed by atoms with Crippen LogP contribution in [0.5, 0.6) is 0 Å². The highest BCUT2D eigenvalue weighted by Gasteiger charge is 2.40. The van der Waals surface area contributed by atoms with Gasteiger partial charge >= 0.3 is 0 Å². The molecule has 4 heterocycles. The van der Waals surface area contributed by atoms with E-state index in [2.05, 4.69) is 39.5 Å². The molecule has 2 fully saturated rings. The van der Waals surface area contributed by atoms with Gasteiger partial charge in [0.2, 0.25) is 11.8 Å². The highest BCUT2D eigenvalue weighted by atomic mass is 19.1. The summed E-state index contributed by atoms with van der Waals surface area (Å²) < 4.78 is 15.1. The molecule has 35 heavy (non-hydrogen) atoms. The van der Waals surface area contributed by atoms with Crippen LogP contribution in [-0.2, 0) is 22.7 Å². The lowest BCUT2D eigenvalue weighted by molar-refractivity contribution is -0.136. The number of benzene rings is 2. The van der Waals surface area contributed by atoms with Gasteiger partial charge in [0.05, 0.1) is 5.69 Å². The van der Waals surface area contributed by atoms with Crippen molar-refractivity contribution in [3.63, 3.8) is 0 Å². The molecule has 3 aliphatic heterocycles. The minimum absolute atomic E-state index is 0.193. The van der Waals surface area contributed by atoms with Crippen LogP contribution in [0.3, 0.4) is 0 Å². The Kier molecular flexibility index (Phi) is 5.29. The molecular formula is C26H26FN5O3. The minimum atomic E-state index is -0.702. The van der Waals surface area contributed by atoms with Gasteiger partial charge < -0.3 is 14.8 Å². The van der Waals surface area contributed by atoms with Crippen LogP contribution < -0.4 is 10.2 Å². The Labute approximate surface area is 201 Å². The number of carbonyl (C=O) groups is 3. The molecule has 0 aliphatic carbocycles. The summed E-state index contributed by atoms with van der Waals surface area (Å²) in [5, 5.41) is 3.49. The highest BCUT2D eigenvalue weighted by Crippen LogP contribution is 2.33. The fourth-order valence-electron chi connectivity index (χ4n) is 5.49. The summed E-state index contributed by atoms with van der Waals surface area (Å²) in [7, 11) is 0. The summed E-state index contributed by atoms with van der Waals surface area (Å²) in [6.07, 6.45) is 2.44. The maximum Gasteiger partial charge on any atom is 0.255 e. The van der Waals surface area contributed by atoms with Gasteiger partial charge in [0.15, 0.2) is 0 Å². The second-order valence-electron chi connectivity index (χ2n) is 9.48. The van der Waals surface area contributed by atoms with Crippen molar-refractivity contribution >= 4 is 34.3 Å². The van der Waals surface area contributed by atoms with Crippen LogP contribution >= 0.6 is 0 Å². The van der Waals surface area contributed by atoms with Crippen LogP contribution in [0, 0.1) is 5.82 Å². The molecule has 1 atom stereocenters. The van der Waals surface area contributed by atoms with Gasteiger partial charge in [-0.1, -0.05) is 18.2 Å². The molecule has 3 amide bonds. The number of para-hydroxylation sites is 1. The molecular weight excluding hydrogens is 449 g/mol. The van der Waals surface area contributed by atoms with E-state index in [-0.39, 0.29) is 31.2 Å². The van der Waals surface area contributed by atoms with Crippen LogP contribution in [-0.4, -0.2) is 64.7 Å². The number of nitrogens with one attached hydrogen (secondary N) is 2. The number of piperidine rings is 1. The molecule has 2 N–H and O–H groups in total. The first-order chi connectivity index (χ1) is 17.0. The molecule has 0 radical (unpaired) electrons. The summed E-state index contributed by atoms with van der Waals surface area (Å²) in [5.41, 5.74) is 3.92. The zero-order valence-corrected chi connectivity index (χ0v) is 19.2. The van der Waals surface area contributed by atoms with Crippen molar-refractivity contribution in [2.45, 2.75) is 32.0 Å². The SMILES string of the molecule is O=C1CCC(N2Cc3cc(N4CCN(Cc5cccc6cc[nH]c56)CC4)c(F)cc3C2=O)C(=O)N1. The number of halogens is 1. The third-order valence-electron chi connectivity index (χ3n) is 7.37. The first kappa shape index (κ1) is 21.8. The lowest BCUT2D eigenvalue weighted by Gasteiger charge is -2.36. The van der Waals surface area contributed by atoms with E-state index in [1.807, 2.05) is 11.1 Å². The van der Waals surface area contributed by atoms with Crippen molar-refractivity contribution < 1.29 is 18.8 Å². The highest BCUT2D eigenvalue weighted by molar-refractivity contribution is 6.05. The number of hydrogen-bond acceptors (Lipinski definition) is 5. The molecule has 2 saturated heterocycles. The smallest absolute Gasteiger partial charge is 0.255 e. The number of nitrogens with zero attached hydrogens (tertiary/aromatic N) is 3. The van der Waals surface area contributed by atoms with Crippen LogP contribution in [0.2, 0.25) is 0 Å². The Bertz CT molecular complexity index is 1340. The molecule has 0 bridgehead atoms. The summed E-state index contributed by atoms with van der Waals surface area (Å²) in [5.74, 6) is -1.57. The number of H-pyrrole nitrogens is 1. The average Bonchev–Trinajstić information content (AvgIpc) is 3.45. The Balaban J connectivity index is 1.15. The molecule has 180 valence electrons. The first-order valence-corrected chi connectivity index (χ1v) is 12.0. The molecule has 9 heteroatoms.